The van der Waals surface area contributed by atoms with Crippen molar-refractivity contribution in [3.05, 3.63) is 36.3 Å². The Labute approximate surface area is 136 Å². The molecule has 0 atom stereocenters. The minimum atomic E-state index is 0. The maximum absolute atomic E-state index is 12.0. The summed E-state index contributed by atoms with van der Waals surface area (Å²) in [5, 5.41) is 6.37. The molecule has 1 amide bonds. The highest BCUT2D eigenvalue weighted by molar-refractivity contribution is 5.85. The van der Waals surface area contributed by atoms with Crippen molar-refractivity contribution in [3.8, 4) is 0 Å². The van der Waals surface area contributed by atoms with Crippen LogP contribution in [-0.2, 0) is 11.2 Å². The summed E-state index contributed by atoms with van der Waals surface area (Å²) in [5.41, 5.74) is 1.70. The van der Waals surface area contributed by atoms with E-state index in [4.69, 9.17) is 0 Å². The van der Waals surface area contributed by atoms with Gasteiger partial charge in [-0.2, -0.15) is 0 Å². The van der Waals surface area contributed by atoms with Crippen molar-refractivity contribution >= 4 is 36.4 Å². The highest BCUT2D eigenvalue weighted by Gasteiger charge is 2.16. The molecule has 0 aromatic carbocycles. The first-order valence-electron chi connectivity index (χ1n) is 6.74. The molecular weight excluding hydrogens is 311 g/mol. The van der Waals surface area contributed by atoms with Crippen molar-refractivity contribution in [2.45, 2.75) is 25.3 Å². The largest absolute Gasteiger partial charge is 0.353 e. The van der Waals surface area contributed by atoms with Crippen LogP contribution >= 0.6 is 24.8 Å². The number of aromatic nitrogens is 2. The second kappa shape index (κ2) is 8.22. The van der Waals surface area contributed by atoms with Crippen LogP contribution in [0.5, 0.6) is 0 Å². The SMILES string of the molecule is Cl.Cl.O=C(Cc1cn2ccccc2n1)NC1CCNCC1. The zero-order valence-electron chi connectivity index (χ0n) is 11.6. The highest BCUT2D eigenvalue weighted by atomic mass is 35.5. The van der Waals surface area contributed by atoms with E-state index < -0.39 is 0 Å². The first-order chi connectivity index (χ1) is 9.31. The summed E-state index contributed by atoms with van der Waals surface area (Å²) >= 11 is 0. The maximum Gasteiger partial charge on any atom is 0.226 e. The predicted molar refractivity (Wildman–Crippen MR) is 87.4 cm³/mol. The van der Waals surface area contributed by atoms with E-state index in [9.17, 15) is 4.79 Å². The average molecular weight is 331 g/mol. The van der Waals surface area contributed by atoms with Crippen LogP contribution in [0.2, 0.25) is 0 Å². The van der Waals surface area contributed by atoms with Crippen molar-refractivity contribution < 1.29 is 4.79 Å². The standard InChI is InChI=1S/C14H18N4O.2ClH/c19-14(17-11-4-6-15-7-5-11)9-12-10-18-8-2-1-3-13(18)16-12;;/h1-3,8,10-11,15H,4-7,9H2,(H,17,19);2*1H. The summed E-state index contributed by atoms with van der Waals surface area (Å²) in [6.07, 6.45) is 6.23. The van der Waals surface area contributed by atoms with E-state index in [-0.39, 0.29) is 30.7 Å². The molecule has 0 radical (unpaired) electrons. The quantitative estimate of drug-likeness (QED) is 0.898. The number of halogens is 2. The van der Waals surface area contributed by atoms with Crippen molar-refractivity contribution in [1.82, 2.24) is 20.0 Å². The number of hydrogen-bond donors (Lipinski definition) is 2. The van der Waals surface area contributed by atoms with Gasteiger partial charge in [0.2, 0.25) is 5.91 Å². The zero-order chi connectivity index (χ0) is 13.1. The lowest BCUT2D eigenvalue weighted by atomic mass is 10.1. The molecule has 7 heteroatoms. The molecule has 2 aromatic rings. The molecule has 3 rings (SSSR count). The lowest BCUT2D eigenvalue weighted by Gasteiger charge is -2.23. The molecule has 0 saturated carbocycles. The molecule has 1 aliphatic heterocycles. The Morgan fingerprint density at radius 2 is 2.10 bits per heavy atom. The van der Waals surface area contributed by atoms with Gasteiger partial charge in [-0.05, 0) is 38.1 Å². The number of nitrogens with one attached hydrogen (secondary N) is 2. The molecule has 0 aliphatic carbocycles. The summed E-state index contributed by atoms with van der Waals surface area (Å²) < 4.78 is 1.94. The second-order valence-corrected chi connectivity index (χ2v) is 4.97. The lowest BCUT2D eigenvalue weighted by Crippen LogP contribution is -2.43. The van der Waals surface area contributed by atoms with Gasteiger partial charge in [0.05, 0.1) is 12.1 Å². The van der Waals surface area contributed by atoms with Gasteiger partial charge in [0, 0.05) is 18.4 Å². The Kier molecular flexibility index (Phi) is 6.95. The van der Waals surface area contributed by atoms with Crippen molar-refractivity contribution in [2.24, 2.45) is 0 Å². The molecule has 2 aromatic heterocycles. The van der Waals surface area contributed by atoms with Crippen molar-refractivity contribution in [1.29, 1.82) is 0 Å². The van der Waals surface area contributed by atoms with Gasteiger partial charge in [-0.3, -0.25) is 4.79 Å². The van der Waals surface area contributed by atoms with Crippen LogP contribution in [0.4, 0.5) is 0 Å². The van der Waals surface area contributed by atoms with E-state index in [1.54, 1.807) is 0 Å². The van der Waals surface area contributed by atoms with Gasteiger partial charge in [0.15, 0.2) is 0 Å². The molecule has 1 saturated heterocycles. The summed E-state index contributed by atoms with van der Waals surface area (Å²) in [5.74, 6) is 0.0651. The predicted octanol–water partition coefficient (Wildman–Crippen LogP) is 1.59. The molecule has 1 fully saturated rings. The summed E-state index contributed by atoms with van der Waals surface area (Å²) in [7, 11) is 0. The summed E-state index contributed by atoms with van der Waals surface area (Å²) in [6, 6.07) is 6.15. The minimum absolute atomic E-state index is 0. The molecule has 2 N–H and O–H groups in total. The van der Waals surface area contributed by atoms with Crippen LogP contribution in [0.3, 0.4) is 0 Å². The fourth-order valence-electron chi connectivity index (χ4n) is 2.48. The average Bonchev–Trinajstić information content (AvgIpc) is 2.81. The van der Waals surface area contributed by atoms with Crippen LogP contribution in [0.15, 0.2) is 30.6 Å². The van der Waals surface area contributed by atoms with Gasteiger partial charge in [-0.25, -0.2) is 4.98 Å². The molecule has 3 heterocycles. The molecular formula is C14H20Cl2N4O. The van der Waals surface area contributed by atoms with Gasteiger partial charge in [0.25, 0.3) is 0 Å². The van der Waals surface area contributed by atoms with Gasteiger partial charge in [0.1, 0.15) is 5.65 Å². The minimum Gasteiger partial charge on any atom is -0.353 e. The molecule has 0 unspecified atom stereocenters. The molecule has 0 spiro atoms. The molecule has 21 heavy (non-hydrogen) atoms. The number of imidazole rings is 1. The van der Waals surface area contributed by atoms with Crippen LogP contribution in [0, 0.1) is 0 Å². The maximum atomic E-state index is 12.0. The molecule has 0 bridgehead atoms. The summed E-state index contributed by atoms with van der Waals surface area (Å²) in [4.78, 5) is 16.4. The molecule has 116 valence electrons. The van der Waals surface area contributed by atoms with E-state index in [0.29, 0.717) is 12.5 Å². The normalized spacial score (nSPS) is 15.0. The highest BCUT2D eigenvalue weighted by Crippen LogP contribution is 2.06. The van der Waals surface area contributed by atoms with Crippen LogP contribution < -0.4 is 10.6 Å². The van der Waals surface area contributed by atoms with E-state index in [2.05, 4.69) is 15.6 Å². The van der Waals surface area contributed by atoms with Gasteiger partial charge in [-0.1, -0.05) is 6.07 Å². The Morgan fingerprint density at radius 3 is 2.81 bits per heavy atom. The Balaban J connectivity index is 0.00000110. The first kappa shape index (κ1) is 17.8. The zero-order valence-corrected chi connectivity index (χ0v) is 13.3. The first-order valence-corrected chi connectivity index (χ1v) is 6.74. The van der Waals surface area contributed by atoms with E-state index >= 15 is 0 Å². The van der Waals surface area contributed by atoms with Crippen LogP contribution in [0.1, 0.15) is 18.5 Å². The fourth-order valence-corrected chi connectivity index (χ4v) is 2.48. The van der Waals surface area contributed by atoms with E-state index in [0.717, 1.165) is 37.3 Å². The fraction of sp³-hybridized carbons (Fsp3) is 0.429. The van der Waals surface area contributed by atoms with Gasteiger partial charge < -0.3 is 15.0 Å². The number of piperidine rings is 1. The van der Waals surface area contributed by atoms with E-state index in [1.165, 1.54) is 0 Å². The van der Waals surface area contributed by atoms with Gasteiger partial charge in [-0.15, -0.1) is 24.8 Å². The monoisotopic (exact) mass is 330 g/mol. The Morgan fingerprint density at radius 1 is 1.33 bits per heavy atom. The number of nitrogens with zero attached hydrogens (tertiary/aromatic N) is 2. The topological polar surface area (TPSA) is 58.4 Å². The third-order valence-corrected chi connectivity index (χ3v) is 3.46. The second-order valence-electron chi connectivity index (χ2n) is 4.97. The molecule has 1 aliphatic rings. The third-order valence-electron chi connectivity index (χ3n) is 3.46. The lowest BCUT2D eigenvalue weighted by molar-refractivity contribution is -0.121. The summed E-state index contributed by atoms with van der Waals surface area (Å²) in [6.45, 7) is 1.97. The van der Waals surface area contributed by atoms with Crippen LogP contribution in [-0.4, -0.2) is 34.4 Å². The number of carbonyl (C=O) groups excluding carboxylic acids is 1. The number of fused-ring (bicyclic) bond motifs is 1. The molecule has 5 nitrogen and oxygen atoms in total. The van der Waals surface area contributed by atoms with E-state index in [1.807, 2.05) is 35.0 Å². The number of carbonyl (C=O) groups is 1. The Hall–Kier alpha value is -1.30. The van der Waals surface area contributed by atoms with Crippen molar-refractivity contribution in [2.75, 3.05) is 13.1 Å². The smallest absolute Gasteiger partial charge is 0.226 e. The third kappa shape index (κ3) is 4.59. The number of pyridine rings is 1. The van der Waals surface area contributed by atoms with Gasteiger partial charge >= 0.3 is 0 Å². The number of rotatable bonds is 3. The van der Waals surface area contributed by atoms with Crippen LogP contribution in [0.25, 0.3) is 5.65 Å². The number of amides is 1. The number of hydrogen-bond acceptors (Lipinski definition) is 3. The Bertz CT molecular complexity index is 548. The van der Waals surface area contributed by atoms with Crippen molar-refractivity contribution in [3.63, 3.8) is 0 Å².